The molecule has 0 bridgehead atoms. The summed E-state index contributed by atoms with van der Waals surface area (Å²) in [7, 11) is 2.20. The van der Waals surface area contributed by atoms with Crippen LogP contribution in [-0.2, 0) is 11.2 Å². The van der Waals surface area contributed by atoms with Crippen LogP contribution < -0.4 is 5.73 Å². The molecule has 1 heterocycles. The van der Waals surface area contributed by atoms with Gasteiger partial charge in [-0.3, -0.25) is 0 Å². The van der Waals surface area contributed by atoms with Gasteiger partial charge in [-0.2, -0.15) is 0 Å². The molecule has 0 amide bonds. The number of nitrogens with two attached hydrogens (primary N) is 1. The third-order valence-corrected chi connectivity index (χ3v) is 3.48. The Morgan fingerprint density at radius 3 is 2.76 bits per heavy atom. The van der Waals surface area contributed by atoms with Crippen LogP contribution in [0.25, 0.3) is 0 Å². The Kier molecular flexibility index (Phi) is 4.40. The molecule has 0 aromatic heterocycles. The van der Waals surface area contributed by atoms with E-state index in [1.807, 2.05) is 12.1 Å². The second-order valence-corrected chi connectivity index (χ2v) is 4.84. The largest absolute Gasteiger partial charge is 0.399 e. The van der Waals surface area contributed by atoms with Gasteiger partial charge >= 0.3 is 0 Å². The van der Waals surface area contributed by atoms with E-state index in [1.54, 1.807) is 0 Å². The second kappa shape index (κ2) is 6.03. The smallest absolute Gasteiger partial charge is 0.0622 e. The lowest BCUT2D eigenvalue weighted by molar-refractivity contribution is 0.159. The molecular weight excluding hydrogens is 212 g/mol. The molecule has 1 aromatic carbocycles. The van der Waals surface area contributed by atoms with E-state index in [0.717, 1.165) is 31.9 Å². The molecule has 94 valence electrons. The van der Waals surface area contributed by atoms with Crippen LogP contribution >= 0.6 is 0 Å². The van der Waals surface area contributed by atoms with E-state index in [-0.39, 0.29) is 0 Å². The Labute approximate surface area is 104 Å². The first-order valence-corrected chi connectivity index (χ1v) is 6.38. The molecule has 0 aliphatic carbocycles. The number of rotatable bonds is 5. The van der Waals surface area contributed by atoms with Crippen LogP contribution in [-0.4, -0.2) is 37.7 Å². The number of hydrogen-bond donors (Lipinski definition) is 1. The van der Waals surface area contributed by atoms with E-state index in [2.05, 4.69) is 24.1 Å². The molecule has 2 N–H and O–H groups in total. The minimum atomic E-state index is 0.626. The average molecular weight is 234 g/mol. The van der Waals surface area contributed by atoms with Crippen LogP contribution in [0.5, 0.6) is 0 Å². The molecule has 1 aliphatic heterocycles. The highest BCUT2D eigenvalue weighted by molar-refractivity contribution is 5.39. The summed E-state index contributed by atoms with van der Waals surface area (Å²) in [5.74, 6) is 0. The van der Waals surface area contributed by atoms with Crippen molar-refractivity contribution in [2.45, 2.75) is 25.3 Å². The van der Waals surface area contributed by atoms with Gasteiger partial charge in [-0.05, 0) is 50.6 Å². The van der Waals surface area contributed by atoms with E-state index >= 15 is 0 Å². The Balaban J connectivity index is 1.70. The molecule has 1 unspecified atom stereocenters. The van der Waals surface area contributed by atoms with Gasteiger partial charge in [0.05, 0.1) is 6.61 Å². The van der Waals surface area contributed by atoms with Crippen LogP contribution in [0.1, 0.15) is 18.4 Å². The molecule has 0 radical (unpaired) electrons. The molecule has 1 fully saturated rings. The number of likely N-dealkylation sites (N-methyl/N-ethyl adjacent to an activating group) is 1. The molecule has 0 saturated carbocycles. The minimum Gasteiger partial charge on any atom is -0.399 e. The molecule has 0 spiro atoms. The number of anilines is 1. The zero-order valence-electron chi connectivity index (χ0n) is 10.6. The van der Waals surface area contributed by atoms with E-state index < -0.39 is 0 Å². The maximum atomic E-state index is 5.66. The maximum Gasteiger partial charge on any atom is 0.0622 e. The number of hydrogen-bond acceptors (Lipinski definition) is 3. The molecule has 2 rings (SSSR count). The summed E-state index contributed by atoms with van der Waals surface area (Å²) in [5, 5.41) is 0. The maximum absolute atomic E-state index is 5.66. The third-order valence-electron chi connectivity index (χ3n) is 3.48. The van der Waals surface area contributed by atoms with Crippen molar-refractivity contribution in [3.8, 4) is 0 Å². The average Bonchev–Trinajstić information content (AvgIpc) is 2.85. The van der Waals surface area contributed by atoms with Crippen LogP contribution in [0.3, 0.4) is 0 Å². The lowest BCUT2D eigenvalue weighted by atomic mass is 10.1. The van der Waals surface area contributed by atoms with Crippen molar-refractivity contribution in [3.05, 3.63) is 29.8 Å². The normalized spacial score (nSPS) is 20.0. The van der Waals surface area contributed by atoms with E-state index in [1.165, 1.54) is 18.4 Å². The van der Waals surface area contributed by atoms with Gasteiger partial charge < -0.3 is 15.4 Å². The minimum absolute atomic E-state index is 0.626. The van der Waals surface area contributed by atoms with Crippen molar-refractivity contribution in [3.63, 3.8) is 0 Å². The van der Waals surface area contributed by atoms with Crippen molar-refractivity contribution >= 4 is 5.69 Å². The highest BCUT2D eigenvalue weighted by Crippen LogP contribution is 2.12. The quantitative estimate of drug-likeness (QED) is 0.791. The molecular formula is C14H22N2O. The Bertz CT molecular complexity index is 331. The number of benzene rings is 1. The first-order chi connectivity index (χ1) is 8.25. The fraction of sp³-hybridized carbons (Fsp3) is 0.571. The second-order valence-electron chi connectivity index (χ2n) is 4.84. The molecule has 1 atom stereocenters. The van der Waals surface area contributed by atoms with Gasteiger partial charge in [-0.15, -0.1) is 0 Å². The van der Waals surface area contributed by atoms with E-state index in [4.69, 9.17) is 10.5 Å². The number of aryl methyl sites for hydroxylation is 1. The Hall–Kier alpha value is -1.06. The van der Waals surface area contributed by atoms with Crippen LogP contribution in [0, 0.1) is 0 Å². The predicted molar refractivity (Wildman–Crippen MR) is 71.0 cm³/mol. The van der Waals surface area contributed by atoms with Crippen LogP contribution in [0.2, 0.25) is 0 Å². The fourth-order valence-electron chi connectivity index (χ4n) is 2.27. The van der Waals surface area contributed by atoms with Gasteiger partial charge in [-0.25, -0.2) is 0 Å². The van der Waals surface area contributed by atoms with Crippen LogP contribution in [0.4, 0.5) is 5.69 Å². The molecule has 1 saturated heterocycles. The SMILES string of the molecule is CN(CCCc1ccc(N)cc1)C1CCOC1. The number of nitrogens with zero attached hydrogens (tertiary/aromatic N) is 1. The van der Waals surface area contributed by atoms with Gasteiger partial charge in [-0.1, -0.05) is 12.1 Å². The summed E-state index contributed by atoms with van der Waals surface area (Å²) in [6, 6.07) is 8.82. The first-order valence-electron chi connectivity index (χ1n) is 6.38. The topological polar surface area (TPSA) is 38.5 Å². The molecule has 3 heteroatoms. The van der Waals surface area contributed by atoms with Crippen molar-refractivity contribution in [1.82, 2.24) is 4.90 Å². The monoisotopic (exact) mass is 234 g/mol. The standard InChI is InChI=1S/C14H22N2O/c1-16(14-8-10-17-11-14)9-2-3-12-4-6-13(15)7-5-12/h4-7,14H,2-3,8-11,15H2,1H3. The van der Waals surface area contributed by atoms with Gasteiger partial charge in [0.15, 0.2) is 0 Å². The molecule has 3 nitrogen and oxygen atoms in total. The zero-order valence-corrected chi connectivity index (χ0v) is 10.6. The lowest BCUT2D eigenvalue weighted by Gasteiger charge is -2.22. The van der Waals surface area contributed by atoms with Crippen molar-refractivity contribution in [1.29, 1.82) is 0 Å². The Morgan fingerprint density at radius 2 is 2.12 bits per heavy atom. The Morgan fingerprint density at radius 1 is 1.35 bits per heavy atom. The van der Waals surface area contributed by atoms with Crippen molar-refractivity contribution in [2.24, 2.45) is 0 Å². The zero-order chi connectivity index (χ0) is 12.1. The lowest BCUT2D eigenvalue weighted by Crippen LogP contribution is -2.32. The highest BCUT2D eigenvalue weighted by Gasteiger charge is 2.19. The summed E-state index contributed by atoms with van der Waals surface area (Å²) in [6.45, 7) is 2.96. The summed E-state index contributed by atoms with van der Waals surface area (Å²) in [5.41, 5.74) is 7.88. The van der Waals surface area contributed by atoms with Gasteiger partial charge in [0.1, 0.15) is 0 Å². The molecule has 17 heavy (non-hydrogen) atoms. The summed E-state index contributed by atoms with van der Waals surface area (Å²) >= 11 is 0. The summed E-state index contributed by atoms with van der Waals surface area (Å²) in [4.78, 5) is 2.42. The van der Waals surface area contributed by atoms with E-state index in [0.29, 0.717) is 6.04 Å². The highest BCUT2D eigenvalue weighted by atomic mass is 16.5. The molecule has 1 aromatic rings. The van der Waals surface area contributed by atoms with Gasteiger partial charge in [0.2, 0.25) is 0 Å². The van der Waals surface area contributed by atoms with Gasteiger partial charge in [0, 0.05) is 18.3 Å². The number of nitrogen functional groups attached to an aromatic ring is 1. The van der Waals surface area contributed by atoms with Crippen LogP contribution in [0.15, 0.2) is 24.3 Å². The number of ether oxygens (including phenoxy) is 1. The predicted octanol–water partition coefficient (Wildman–Crippen LogP) is 1.92. The van der Waals surface area contributed by atoms with Crippen molar-refractivity contribution < 1.29 is 4.74 Å². The summed E-state index contributed by atoms with van der Waals surface area (Å²) in [6.07, 6.45) is 3.49. The third kappa shape index (κ3) is 3.72. The van der Waals surface area contributed by atoms with Gasteiger partial charge in [0.25, 0.3) is 0 Å². The van der Waals surface area contributed by atoms with Crippen molar-refractivity contribution in [2.75, 3.05) is 32.5 Å². The summed E-state index contributed by atoms with van der Waals surface area (Å²) < 4.78 is 5.40. The first kappa shape index (κ1) is 12.4. The fourth-order valence-corrected chi connectivity index (χ4v) is 2.27. The van der Waals surface area contributed by atoms with E-state index in [9.17, 15) is 0 Å². The molecule has 1 aliphatic rings.